The van der Waals surface area contributed by atoms with Gasteiger partial charge in [-0.2, -0.15) is 5.10 Å². The lowest BCUT2D eigenvalue weighted by Gasteiger charge is -2.29. The number of hydrogen-bond acceptors (Lipinski definition) is 5. The Bertz CT molecular complexity index is 1070. The summed E-state index contributed by atoms with van der Waals surface area (Å²) in [5.41, 5.74) is 2.67. The average Bonchev–Trinajstić information content (AvgIpc) is 3.56. The minimum Gasteiger partial charge on any atom is -0.380 e. The van der Waals surface area contributed by atoms with E-state index in [4.69, 9.17) is 0 Å². The summed E-state index contributed by atoms with van der Waals surface area (Å²) in [6, 6.07) is 18.3. The minimum absolute atomic E-state index is 0.171. The second-order valence-electron chi connectivity index (χ2n) is 8.26. The van der Waals surface area contributed by atoms with Gasteiger partial charge < -0.3 is 20.4 Å². The third-order valence-corrected chi connectivity index (χ3v) is 6.06. The highest BCUT2D eigenvalue weighted by Crippen LogP contribution is 2.32. The van der Waals surface area contributed by atoms with Crippen LogP contribution in [0.1, 0.15) is 43.0 Å². The predicted octanol–water partition coefficient (Wildman–Crippen LogP) is 2.13. The zero-order chi connectivity index (χ0) is 23.4. The van der Waals surface area contributed by atoms with Gasteiger partial charge in [-0.05, 0) is 49.1 Å². The van der Waals surface area contributed by atoms with Gasteiger partial charge in [-0.1, -0.05) is 42.5 Å². The number of nitrogens with one attached hydrogen (secondary N) is 1. The van der Waals surface area contributed by atoms with E-state index in [9.17, 15) is 19.8 Å². The summed E-state index contributed by atoms with van der Waals surface area (Å²) in [6.45, 7) is 2.25. The van der Waals surface area contributed by atoms with Crippen LogP contribution in [-0.4, -0.2) is 55.5 Å². The first-order valence-corrected chi connectivity index (χ1v) is 11.1. The molecule has 8 heteroatoms. The van der Waals surface area contributed by atoms with Gasteiger partial charge in [0.05, 0.1) is 17.8 Å². The van der Waals surface area contributed by atoms with Gasteiger partial charge in [0.1, 0.15) is 0 Å². The Labute approximate surface area is 192 Å². The minimum atomic E-state index is -1.86. The van der Waals surface area contributed by atoms with Gasteiger partial charge in [0, 0.05) is 18.9 Å². The summed E-state index contributed by atoms with van der Waals surface area (Å²) in [5.74, 6) is -1.44. The number of aliphatic hydroxyl groups excluding tert-OH is 2. The van der Waals surface area contributed by atoms with Crippen LogP contribution in [-0.2, 0) is 9.59 Å². The molecule has 172 valence electrons. The first-order valence-electron chi connectivity index (χ1n) is 11.1. The number of benzene rings is 2. The molecule has 2 heterocycles. The standard InChI is InChI=1S/C25H28N4O4/c1-17(18-10-12-20(13-11-18)29-16-6-14-26-29)27-24(32)22(30)23(31)25(33)28-15-5-9-21(28)19-7-3-2-4-8-19/h2-4,6-8,10-14,16-17,21-23,30-31H,5,9,15H2,1H3,(H,27,32)/t17-,21+,22+,23+/m0/s1. The molecule has 2 aromatic carbocycles. The van der Waals surface area contributed by atoms with Crippen molar-refractivity contribution in [2.24, 2.45) is 0 Å². The van der Waals surface area contributed by atoms with Crippen molar-refractivity contribution in [3.63, 3.8) is 0 Å². The molecule has 3 N–H and O–H groups in total. The van der Waals surface area contributed by atoms with E-state index in [0.717, 1.165) is 29.7 Å². The van der Waals surface area contributed by atoms with E-state index in [1.165, 1.54) is 0 Å². The Balaban J connectivity index is 1.37. The van der Waals surface area contributed by atoms with Crippen molar-refractivity contribution in [3.05, 3.63) is 84.2 Å². The van der Waals surface area contributed by atoms with Gasteiger partial charge in [0.2, 0.25) is 0 Å². The number of rotatable bonds is 7. The SMILES string of the molecule is C[C@H](NC(=O)[C@H](O)[C@@H](O)C(=O)N1CCC[C@@H]1c1ccccc1)c1ccc(-n2cccn2)cc1. The summed E-state index contributed by atoms with van der Waals surface area (Å²) < 4.78 is 1.72. The molecule has 1 aliphatic rings. The first-order chi connectivity index (χ1) is 16.0. The third-order valence-electron chi connectivity index (χ3n) is 6.06. The Kier molecular flexibility index (Phi) is 6.86. The van der Waals surface area contributed by atoms with Gasteiger partial charge >= 0.3 is 0 Å². The molecular formula is C25H28N4O4. The smallest absolute Gasteiger partial charge is 0.255 e. The maximum Gasteiger partial charge on any atom is 0.255 e. The van der Waals surface area contributed by atoms with Gasteiger partial charge in [-0.3, -0.25) is 9.59 Å². The largest absolute Gasteiger partial charge is 0.380 e. The van der Waals surface area contributed by atoms with Crippen LogP contribution in [0.25, 0.3) is 5.69 Å². The molecule has 1 fully saturated rings. The molecule has 1 saturated heterocycles. The van der Waals surface area contributed by atoms with Crippen LogP contribution in [0.3, 0.4) is 0 Å². The van der Waals surface area contributed by atoms with Crippen LogP contribution in [0.2, 0.25) is 0 Å². The fraction of sp³-hybridized carbons (Fsp3) is 0.320. The normalized spacial score (nSPS) is 18.5. The van der Waals surface area contributed by atoms with Crippen molar-refractivity contribution in [2.75, 3.05) is 6.54 Å². The number of carbonyl (C=O) groups is 2. The molecule has 0 saturated carbocycles. The van der Waals surface area contributed by atoms with Crippen molar-refractivity contribution in [1.82, 2.24) is 20.0 Å². The van der Waals surface area contributed by atoms with E-state index >= 15 is 0 Å². The van der Waals surface area contributed by atoms with Crippen molar-refractivity contribution >= 4 is 11.8 Å². The molecule has 1 aliphatic heterocycles. The van der Waals surface area contributed by atoms with Gasteiger partial charge in [0.25, 0.3) is 11.8 Å². The van der Waals surface area contributed by atoms with E-state index in [0.29, 0.717) is 6.54 Å². The van der Waals surface area contributed by atoms with Crippen LogP contribution in [0, 0.1) is 0 Å². The number of nitrogens with zero attached hydrogens (tertiary/aromatic N) is 3. The molecule has 3 aromatic rings. The van der Waals surface area contributed by atoms with Crippen LogP contribution in [0.15, 0.2) is 73.1 Å². The molecule has 4 rings (SSSR count). The summed E-state index contributed by atoms with van der Waals surface area (Å²) in [4.78, 5) is 27.0. The molecule has 0 bridgehead atoms. The number of carbonyl (C=O) groups excluding carboxylic acids is 2. The number of hydrogen-bond donors (Lipinski definition) is 3. The van der Waals surface area contributed by atoms with Crippen LogP contribution in [0.5, 0.6) is 0 Å². The molecule has 0 spiro atoms. The highest BCUT2D eigenvalue weighted by molar-refractivity contribution is 5.91. The average molecular weight is 449 g/mol. The second-order valence-corrected chi connectivity index (χ2v) is 8.26. The lowest BCUT2D eigenvalue weighted by atomic mass is 10.0. The lowest BCUT2D eigenvalue weighted by molar-refractivity contribution is -0.154. The maximum absolute atomic E-state index is 12.9. The monoisotopic (exact) mass is 448 g/mol. The number of aromatic nitrogens is 2. The van der Waals surface area contributed by atoms with Crippen molar-refractivity contribution in [2.45, 2.75) is 44.1 Å². The number of likely N-dealkylation sites (tertiary alicyclic amines) is 1. The van der Waals surface area contributed by atoms with Crippen LogP contribution < -0.4 is 5.32 Å². The molecule has 0 aliphatic carbocycles. The van der Waals surface area contributed by atoms with E-state index < -0.39 is 30.1 Å². The van der Waals surface area contributed by atoms with E-state index in [1.54, 1.807) is 22.7 Å². The van der Waals surface area contributed by atoms with Gasteiger partial charge in [-0.25, -0.2) is 4.68 Å². The Morgan fingerprint density at radius 1 is 1.03 bits per heavy atom. The zero-order valence-electron chi connectivity index (χ0n) is 18.4. The molecule has 0 radical (unpaired) electrons. The molecule has 8 nitrogen and oxygen atoms in total. The Morgan fingerprint density at radius 2 is 1.76 bits per heavy atom. The highest BCUT2D eigenvalue weighted by atomic mass is 16.3. The zero-order valence-corrected chi connectivity index (χ0v) is 18.4. The fourth-order valence-corrected chi connectivity index (χ4v) is 4.22. The molecule has 2 amide bonds. The van der Waals surface area contributed by atoms with Crippen molar-refractivity contribution in [3.8, 4) is 5.69 Å². The highest BCUT2D eigenvalue weighted by Gasteiger charge is 2.38. The molecule has 33 heavy (non-hydrogen) atoms. The topological polar surface area (TPSA) is 108 Å². The third kappa shape index (κ3) is 4.97. The number of aliphatic hydroxyl groups is 2. The van der Waals surface area contributed by atoms with E-state index in [-0.39, 0.29) is 6.04 Å². The van der Waals surface area contributed by atoms with Crippen molar-refractivity contribution in [1.29, 1.82) is 0 Å². The molecule has 4 atom stereocenters. The Morgan fingerprint density at radius 3 is 2.42 bits per heavy atom. The molecule has 0 unspecified atom stereocenters. The second kappa shape index (κ2) is 9.97. The molecular weight excluding hydrogens is 420 g/mol. The molecule has 1 aromatic heterocycles. The summed E-state index contributed by atoms with van der Waals surface area (Å²) >= 11 is 0. The summed E-state index contributed by atoms with van der Waals surface area (Å²) in [5, 5.41) is 27.8. The van der Waals surface area contributed by atoms with E-state index in [1.807, 2.05) is 66.9 Å². The first kappa shape index (κ1) is 22.7. The number of amides is 2. The van der Waals surface area contributed by atoms with Gasteiger partial charge in [-0.15, -0.1) is 0 Å². The lowest BCUT2D eigenvalue weighted by Crippen LogP contribution is -2.50. The van der Waals surface area contributed by atoms with Gasteiger partial charge in [0.15, 0.2) is 12.2 Å². The fourth-order valence-electron chi connectivity index (χ4n) is 4.22. The predicted molar refractivity (Wildman–Crippen MR) is 122 cm³/mol. The van der Waals surface area contributed by atoms with Crippen LogP contribution >= 0.6 is 0 Å². The van der Waals surface area contributed by atoms with Crippen LogP contribution in [0.4, 0.5) is 0 Å². The summed E-state index contributed by atoms with van der Waals surface area (Å²) in [7, 11) is 0. The van der Waals surface area contributed by atoms with E-state index in [2.05, 4.69) is 10.4 Å². The van der Waals surface area contributed by atoms with Crippen molar-refractivity contribution < 1.29 is 19.8 Å². The maximum atomic E-state index is 12.9. The quantitative estimate of drug-likeness (QED) is 0.513. The Hall–Kier alpha value is -3.49. The summed E-state index contributed by atoms with van der Waals surface area (Å²) in [6.07, 6.45) is 1.40.